The van der Waals surface area contributed by atoms with E-state index in [0.29, 0.717) is 0 Å². The lowest BCUT2D eigenvalue weighted by atomic mass is 9.86. The standard InChI is InChI=1S/C13H17NO2S/c1-14-8-6-13(7-9-14)12-5-3-2-4-11(12)10-17(13,15)16/h2-5H,6-10H2,1H3. The summed E-state index contributed by atoms with van der Waals surface area (Å²) in [5, 5.41) is 0. The lowest BCUT2D eigenvalue weighted by molar-refractivity contribution is 0.234. The zero-order valence-electron chi connectivity index (χ0n) is 10.0. The molecule has 0 atom stereocenters. The van der Waals surface area contributed by atoms with E-state index in [4.69, 9.17) is 0 Å². The summed E-state index contributed by atoms with van der Waals surface area (Å²) >= 11 is 0. The van der Waals surface area contributed by atoms with Crippen molar-refractivity contribution in [2.24, 2.45) is 0 Å². The van der Waals surface area contributed by atoms with E-state index in [0.717, 1.165) is 37.1 Å². The second-order valence-corrected chi connectivity index (χ2v) is 7.51. The Labute approximate surface area is 102 Å². The van der Waals surface area contributed by atoms with Crippen LogP contribution in [0.25, 0.3) is 0 Å². The largest absolute Gasteiger partial charge is 0.306 e. The zero-order chi connectivity index (χ0) is 12.1. The molecule has 1 fully saturated rings. The number of nitrogens with zero attached hydrogens (tertiary/aromatic N) is 1. The van der Waals surface area contributed by atoms with Crippen LogP contribution in [0.15, 0.2) is 24.3 Å². The molecule has 2 aliphatic rings. The average Bonchev–Trinajstić information content (AvgIpc) is 2.51. The fourth-order valence-electron chi connectivity index (χ4n) is 3.16. The molecule has 3 nitrogen and oxygen atoms in total. The molecule has 0 unspecified atom stereocenters. The van der Waals surface area contributed by atoms with Crippen LogP contribution in [0.4, 0.5) is 0 Å². The maximum Gasteiger partial charge on any atom is 0.164 e. The second kappa shape index (κ2) is 3.56. The third-order valence-electron chi connectivity index (χ3n) is 4.24. The fraction of sp³-hybridized carbons (Fsp3) is 0.538. The molecule has 1 aromatic rings. The van der Waals surface area contributed by atoms with Gasteiger partial charge in [-0.15, -0.1) is 0 Å². The van der Waals surface area contributed by atoms with Gasteiger partial charge in [-0.1, -0.05) is 24.3 Å². The Hall–Kier alpha value is -0.870. The highest BCUT2D eigenvalue weighted by molar-refractivity contribution is 7.92. The monoisotopic (exact) mass is 251 g/mol. The van der Waals surface area contributed by atoms with Gasteiger partial charge < -0.3 is 4.90 Å². The molecule has 92 valence electrons. The molecule has 0 saturated carbocycles. The van der Waals surface area contributed by atoms with Crippen LogP contribution in [0.5, 0.6) is 0 Å². The topological polar surface area (TPSA) is 37.4 Å². The Balaban J connectivity index is 2.14. The van der Waals surface area contributed by atoms with Gasteiger partial charge in [-0.25, -0.2) is 8.42 Å². The first-order chi connectivity index (χ1) is 8.05. The third-order valence-corrected chi connectivity index (χ3v) is 6.75. The fourth-order valence-corrected chi connectivity index (χ4v) is 5.44. The first-order valence-electron chi connectivity index (χ1n) is 6.04. The number of hydrogen-bond acceptors (Lipinski definition) is 3. The summed E-state index contributed by atoms with van der Waals surface area (Å²) in [6, 6.07) is 7.85. The number of rotatable bonds is 0. The Morgan fingerprint density at radius 2 is 1.82 bits per heavy atom. The molecule has 1 saturated heterocycles. The summed E-state index contributed by atoms with van der Waals surface area (Å²) in [5.74, 6) is 0.229. The number of sulfone groups is 1. The van der Waals surface area contributed by atoms with Gasteiger partial charge in [0.15, 0.2) is 9.84 Å². The van der Waals surface area contributed by atoms with Gasteiger partial charge in [-0.05, 0) is 44.1 Å². The smallest absolute Gasteiger partial charge is 0.164 e. The molecule has 0 amide bonds. The van der Waals surface area contributed by atoms with Crippen molar-refractivity contribution < 1.29 is 8.42 Å². The van der Waals surface area contributed by atoms with E-state index in [9.17, 15) is 8.42 Å². The molecule has 0 aromatic heterocycles. The number of likely N-dealkylation sites (tertiary alicyclic amines) is 1. The van der Waals surface area contributed by atoms with Crippen LogP contribution in [0.2, 0.25) is 0 Å². The normalized spacial score (nSPS) is 25.9. The van der Waals surface area contributed by atoms with Crippen molar-refractivity contribution in [3.63, 3.8) is 0 Å². The molecule has 3 rings (SSSR count). The Kier molecular flexibility index (Phi) is 2.35. The predicted octanol–water partition coefficient (Wildman–Crippen LogP) is 1.54. The second-order valence-electron chi connectivity index (χ2n) is 5.21. The van der Waals surface area contributed by atoms with E-state index in [1.165, 1.54) is 0 Å². The quantitative estimate of drug-likeness (QED) is 0.702. The molecular weight excluding hydrogens is 234 g/mol. The Morgan fingerprint density at radius 1 is 1.18 bits per heavy atom. The highest BCUT2D eigenvalue weighted by Gasteiger charge is 2.52. The van der Waals surface area contributed by atoms with Crippen molar-refractivity contribution in [2.75, 3.05) is 20.1 Å². The lowest BCUT2D eigenvalue weighted by Crippen LogP contribution is -2.43. The SMILES string of the molecule is CN1CCC2(CC1)c1ccccc1CS2(=O)=O. The first-order valence-corrected chi connectivity index (χ1v) is 7.70. The highest BCUT2D eigenvalue weighted by Crippen LogP contribution is 2.48. The van der Waals surface area contributed by atoms with Gasteiger partial charge >= 0.3 is 0 Å². The van der Waals surface area contributed by atoms with Crippen LogP contribution in [-0.2, 0) is 20.3 Å². The number of piperidine rings is 1. The maximum absolute atomic E-state index is 12.5. The highest BCUT2D eigenvalue weighted by atomic mass is 32.2. The van der Waals surface area contributed by atoms with Gasteiger partial charge in [-0.2, -0.15) is 0 Å². The van der Waals surface area contributed by atoms with Crippen molar-refractivity contribution in [1.82, 2.24) is 4.90 Å². The zero-order valence-corrected chi connectivity index (χ0v) is 10.8. The van der Waals surface area contributed by atoms with Crippen molar-refractivity contribution >= 4 is 9.84 Å². The summed E-state index contributed by atoms with van der Waals surface area (Å²) in [4.78, 5) is 2.21. The van der Waals surface area contributed by atoms with Gasteiger partial charge in [-0.3, -0.25) is 0 Å². The number of hydrogen-bond donors (Lipinski definition) is 0. The van der Waals surface area contributed by atoms with Crippen molar-refractivity contribution in [3.8, 4) is 0 Å². The van der Waals surface area contributed by atoms with Crippen LogP contribution in [0.3, 0.4) is 0 Å². The lowest BCUT2D eigenvalue weighted by Gasteiger charge is -2.37. The first kappa shape index (κ1) is 11.2. The molecule has 2 aliphatic heterocycles. The minimum atomic E-state index is -3.02. The summed E-state index contributed by atoms with van der Waals surface area (Å²) in [6.45, 7) is 1.74. The number of fused-ring (bicyclic) bond motifs is 2. The Morgan fingerprint density at radius 3 is 2.53 bits per heavy atom. The van der Waals surface area contributed by atoms with Gasteiger partial charge in [0.25, 0.3) is 0 Å². The van der Waals surface area contributed by atoms with Crippen LogP contribution in [0, 0.1) is 0 Å². The van der Waals surface area contributed by atoms with E-state index in [1.54, 1.807) is 0 Å². The van der Waals surface area contributed by atoms with Gasteiger partial charge in [0.2, 0.25) is 0 Å². The summed E-state index contributed by atoms with van der Waals surface area (Å²) in [5.41, 5.74) is 2.07. The van der Waals surface area contributed by atoms with Gasteiger partial charge in [0.05, 0.1) is 5.75 Å². The van der Waals surface area contributed by atoms with Crippen molar-refractivity contribution in [3.05, 3.63) is 35.4 Å². The molecule has 0 radical (unpaired) electrons. The van der Waals surface area contributed by atoms with E-state index in [-0.39, 0.29) is 5.75 Å². The van der Waals surface area contributed by atoms with E-state index >= 15 is 0 Å². The third kappa shape index (κ3) is 1.47. The minimum Gasteiger partial charge on any atom is -0.306 e. The molecule has 0 bridgehead atoms. The predicted molar refractivity (Wildman–Crippen MR) is 67.5 cm³/mol. The molecule has 2 heterocycles. The van der Waals surface area contributed by atoms with Crippen LogP contribution < -0.4 is 0 Å². The van der Waals surface area contributed by atoms with Crippen molar-refractivity contribution in [2.45, 2.75) is 23.3 Å². The summed E-state index contributed by atoms with van der Waals surface area (Å²) in [6.07, 6.45) is 1.48. The van der Waals surface area contributed by atoms with Crippen LogP contribution in [-0.4, -0.2) is 33.5 Å². The van der Waals surface area contributed by atoms with Crippen LogP contribution >= 0.6 is 0 Å². The Bertz CT molecular complexity index is 542. The van der Waals surface area contributed by atoms with E-state index in [2.05, 4.69) is 11.9 Å². The molecule has 1 aromatic carbocycles. The molecule has 4 heteroatoms. The maximum atomic E-state index is 12.5. The molecule has 0 N–H and O–H groups in total. The molecule has 1 spiro atoms. The van der Waals surface area contributed by atoms with E-state index < -0.39 is 14.6 Å². The van der Waals surface area contributed by atoms with E-state index in [1.807, 2.05) is 24.3 Å². The minimum absolute atomic E-state index is 0.229. The average molecular weight is 251 g/mol. The number of benzene rings is 1. The molecule has 0 aliphatic carbocycles. The molecular formula is C13H17NO2S. The van der Waals surface area contributed by atoms with Gasteiger partial charge in [0.1, 0.15) is 4.75 Å². The van der Waals surface area contributed by atoms with Crippen LogP contribution in [0.1, 0.15) is 24.0 Å². The summed E-state index contributed by atoms with van der Waals surface area (Å²) < 4.78 is 24.4. The summed E-state index contributed by atoms with van der Waals surface area (Å²) in [7, 11) is -0.963. The van der Waals surface area contributed by atoms with Gasteiger partial charge in [0, 0.05) is 0 Å². The van der Waals surface area contributed by atoms with Crippen molar-refractivity contribution in [1.29, 1.82) is 0 Å². The molecule has 17 heavy (non-hydrogen) atoms.